The molecule has 1 fully saturated rings. The summed E-state index contributed by atoms with van der Waals surface area (Å²) in [4.78, 5) is 41.1. The van der Waals surface area contributed by atoms with Gasteiger partial charge in [-0.15, -0.1) is 0 Å². The number of fused-ring (bicyclic) bond motifs is 1. The van der Waals surface area contributed by atoms with Crippen LogP contribution in [0.3, 0.4) is 0 Å². The maximum Gasteiger partial charge on any atom is 0.319 e. The zero-order valence-corrected chi connectivity index (χ0v) is 26.6. The summed E-state index contributed by atoms with van der Waals surface area (Å²) >= 11 is 0. The number of H-pyrrole nitrogens is 1. The molecule has 224 valence electrons. The summed E-state index contributed by atoms with van der Waals surface area (Å²) in [6, 6.07) is 8.89. The van der Waals surface area contributed by atoms with E-state index in [1.165, 1.54) is 7.11 Å². The molecule has 2 heterocycles. The second kappa shape index (κ2) is 11.2. The van der Waals surface area contributed by atoms with Crippen LogP contribution in [0.4, 0.5) is 10.6 Å². The molecule has 1 aromatic heterocycles. The minimum absolute atomic E-state index is 0.0501. The molecular weight excluding hydrogens is 538 g/mol. The lowest BCUT2D eigenvalue weighted by Crippen LogP contribution is -2.52. The number of aromatic nitrogens is 2. The van der Waals surface area contributed by atoms with Crippen LogP contribution in [0.25, 0.3) is 0 Å². The number of carbonyl (C=O) groups is 3. The van der Waals surface area contributed by atoms with Crippen molar-refractivity contribution in [3.63, 3.8) is 0 Å². The molecule has 0 bridgehead atoms. The lowest BCUT2D eigenvalue weighted by molar-refractivity contribution is -0.154. The molecule has 4 rings (SSSR count). The number of nitrogens with zero attached hydrogens (tertiary/aromatic N) is 2. The smallest absolute Gasteiger partial charge is 0.319 e. The monoisotopic (exact) mass is 583 g/mol. The van der Waals surface area contributed by atoms with E-state index in [1.54, 1.807) is 18.7 Å². The number of urea groups is 1. The fourth-order valence-corrected chi connectivity index (χ4v) is 8.52. The van der Waals surface area contributed by atoms with E-state index in [9.17, 15) is 14.4 Å². The van der Waals surface area contributed by atoms with Gasteiger partial charge < -0.3 is 25.0 Å². The minimum atomic E-state index is -1.75. The van der Waals surface area contributed by atoms with Crippen LogP contribution in [-0.2, 0) is 31.1 Å². The van der Waals surface area contributed by atoms with Gasteiger partial charge in [-0.25, -0.2) is 4.79 Å². The zero-order chi connectivity index (χ0) is 30.2. The van der Waals surface area contributed by atoms with Gasteiger partial charge in [0.1, 0.15) is 0 Å². The molecule has 0 radical (unpaired) electrons. The molecule has 0 spiro atoms. The van der Waals surface area contributed by atoms with Crippen LogP contribution >= 0.6 is 0 Å². The van der Waals surface area contributed by atoms with Crippen molar-refractivity contribution >= 4 is 31.8 Å². The molecule has 0 unspecified atom stereocenters. The minimum Gasteiger partial charge on any atom is -0.469 e. The maximum absolute atomic E-state index is 13.8. The number of hydrogen-bond acceptors (Lipinski definition) is 6. The average Bonchev–Trinajstić information content (AvgIpc) is 3.39. The number of hydrogen-bond donors (Lipinski definition) is 3. The van der Waals surface area contributed by atoms with Gasteiger partial charge in [0.2, 0.25) is 5.91 Å². The van der Waals surface area contributed by atoms with Gasteiger partial charge in [-0.2, -0.15) is 5.10 Å². The van der Waals surface area contributed by atoms with E-state index in [-0.39, 0.29) is 36.2 Å². The molecule has 3 N–H and O–H groups in total. The topological polar surface area (TPSA) is 126 Å². The molecule has 3 amide bonds. The molecule has 1 aromatic carbocycles. The molecule has 2 aliphatic rings. The summed E-state index contributed by atoms with van der Waals surface area (Å²) in [5.74, 6) is 0.197. The van der Waals surface area contributed by atoms with Crippen LogP contribution in [0.1, 0.15) is 69.8 Å². The van der Waals surface area contributed by atoms with Crippen LogP contribution < -0.4 is 10.6 Å². The fraction of sp³-hybridized carbons (Fsp3) is 0.600. The summed E-state index contributed by atoms with van der Waals surface area (Å²) in [7, 11) is -0.395. The van der Waals surface area contributed by atoms with Gasteiger partial charge >= 0.3 is 12.0 Å². The van der Waals surface area contributed by atoms with Crippen molar-refractivity contribution in [3.05, 3.63) is 47.2 Å². The lowest BCUT2D eigenvalue weighted by Gasteiger charge is -2.48. The Bertz CT molecular complexity index is 1280. The first kappa shape index (κ1) is 30.8. The van der Waals surface area contributed by atoms with Crippen LogP contribution in [0.2, 0.25) is 24.7 Å². The van der Waals surface area contributed by atoms with E-state index in [0.29, 0.717) is 12.4 Å². The largest absolute Gasteiger partial charge is 0.469 e. The highest BCUT2D eigenvalue weighted by Gasteiger charge is 2.54. The predicted molar refractivity (Wildman–Crippen MR) is 160 cm³/mol. The fourth-order valence-electron chi connectivity index (χ4n) is 5.92. The summed E-state index contributed by atoms with van der Waals surface area (Å²) < 4.78 is 10.8. The molecule has 10 nitrogen and oxygen atoms in total. The normalized spacial score (nSPS) is 18.2. The molecule has 1 saturated carbocycles. The quantitative estimate of drug-likeness (QED) is 0.257. The molecule has 1 atom stereocenters. The molecule has 0 saturated heterocycles. The molecular formula is C30H45N5O5Si. The van der Waals surface area contributed by atoms with Crippen molar-refractivity contribution in [2.24, 2.45) is 5.41 Å². The van der Waals surface area contributed by atoms with Gasteiger partial charge in [-0.3, -0.25) is 14.7 Å². The Morgan fingerprint density at radius 1 is 1.15 bits per heavy atom. The average molecular weight is 584 g/mol. The highest BCUT2D eigenvalue weighted by Crippen LogP contribution is 2.56. The Hall–Kier alpha value is -3.18. The Balaban J connectivity index is 1.49. The SMILES string of the molecule is COC(=O)C(C)(C)COC[C@@H](NC(=O)N1Cc2c(NC(=O)C3([Si](C)(C)C)CCC3)n[nH]c2C1(C)C)c1ccccc1. The predicted octanol–water partition coefficient (Wildman–Crippen LogP) is 5.33. The van der Waals surface area contributed by atoms with Gasteiger partial charge in [0, 0.05) is 10.6 Å². The number of anilines is 1. The van der Waals surface area contributed by atoms with Crippen molar-refractivity contribution in [3.8, 4) is 0 Å². The number of amides is 3. The zero-order valence-electron chi connectivity index (χ0n) is 25.6. The van der Waals surface area contributed by atoms with Gasteiger partial charge in [0.05, 0.1) is 57.6 Å². The summed E-state index contributed by atoms with van der Waals surface area (Å²) in [6.45, 7) is 14.8. The van der Waals surface area contributed by atoms with Crippen molar-refractivity contribution in [1.29, 1.82) is 0 Å². The molecule has 41 heavy (non-hydrogen) atoms. The number of benzene rings is 1. The molecule has 2 aromatic rings. The van der Waals surface area contributed by atoms with Crippen molar-refractivity contribution < 1.29 is 23.9 Å². The first-order valence-electron chi connectivity index (χ1n) is 14.3. The number of rotatable bonds is 10. The number of aromatic amines is 1. The summed E-state index contributed by atoms with van der Waals surface area (Å²) in [6.07, 6.45) is 2.91. The summed E-state index contributed by atoms with van der Waals surface area (Å²) in [5, 5.41) is 13.5. The Morgan fingerprint density at radius 3 is 2.37 bits per heavy atom. The van der Waals surface area contributed by atoms with E-state index >= 15 is 0 Å². The van der Waals surface area contributed by atoms with Gasteiger partial charge in [-0.1, -0.05) is 56.4 Å². The Kier molecular flexibility index (Phi) is 8.44. The third-order valence-corrected chi connectivity index (χ3v) is 12.6. The third kappa shape index (κ3) is 5.79. The first-order chi connectivity index (χ1) is 19.1. The van der Waals surface area contributed by atoms with Crippen LogP contribution in [0, 0.1) is 5.41 Å². The van der Waals surface area contributed by atoms with E-state index in [2.05, 4.69) is 40.5 Å². The molecule has 11 heteroatoms. The van der Waals surface area contributed by atoms with Crippen LogP contribution in [0.15, 0.2) is 30.3 Å². The standard InChI is InChI=1S/C30H45N5O5Si/c1-28(2,26(37)39-5)19-40-18-22(20-13-10-9-11-14-20)31-27(38)35-17-21-23(29(35,3)4)33-34-24(21)32-25(36)30(15-12-16-30)41(6,7)8/h9-11,13-14,22H,12,15-19H2,1-8H3,(H,31,38)(H2,32,33,34,36)/t22-/m1/s1. The van der Waals surface area contributed by atoms with Crippen LogP contribution in [-0.4, -0.2) is 61.4 Å². The second-order valence-electron chi connectivity index (χ2n) is 13.5. The third-order valence-electron chi connectivity index (χ3n) is 9.01. The van der Waals surface area contributed by atoms with Gasteiger partial charge in [0.15, 0.2) is 5.82 Å². The molecule has 1 aliphatic carbocycles. The summed E-state index contributed by atoms with van der Waals surface area (Å²) in [5.41, 5.74) is 1.03. The van der Waals surface area contributed by atoms with E-state index in [0.717, 1.165) is 36.1 Å². The van der Waals surface area contributed by atoms with E-state index < -0.39 is 25.1 Å². The first-order valence-corrected chi connectivity index (χ1v) is 17.8. The highest BCUT2D eigenvalue weighted by molar-refractivity contribution is 6.83. The second-order valence-corrected chi connectivity index (χ2v) is 19.0. The van der Waals surface area contributed by atoms with Crippen molar-refractivity contribution in [2.75, 3.05) is 25.6 Å². The number of ether oxygens (including phenoxy) is 2. The number of esters is 1. The van der Waals surface area contributed by atoms with Gasteiger partial charge in [0.25, 0.3) is 0 Å². The number of methoxy groups -OCH3 is 1. The van der Waals surface area contributed by atoms with Gasteiger partial charge in [-0.05, 0) is 46.1 Å². The Morgan fingerprint density at radius 2 is 1.80 bits per heavy atom. The molecule has 1 aliphatic heterocycles. The van der Waals surface area contributed by atoms with Crippen LogP contribution in [0.5, 0.6) is 0 Å². The highest BCUT2D eigenvalue weighted by atomic mass is 28.3. The Labute approximate surface area is 243 Å². The van der Waals surface area contributed by atoms with Crippen molar-refractivity contribution in [2.45, 2.75) is 89.8 Å². The van der Waals surface area contributed by atoms with E-state index in [4.69, 9.17) is 9.47 Å². The lowest BCUT2D eigenvalue weighted by atomic mass is 9.83. The van der Waals surface area contributed by atoms with E-state index in [1.807, 2.05) is 44.2 Å². The number of carbonyl (C=O) groups excluding carboxylic acids is 3. The maximum atomic E-state index is 13.8. The number of nitrogens with one attached hydrogen (secondary N) is 3. The van der Waals surface area contributed by atoms with Crippen molar-refractivity contribution in [1.82, 2.24) is 20.4 Å².